The lowest BCUT2D eigenvalue weighted by atomic mass is 10.3. The van der Waals surface area contributed by atoms with Gasteiger partial charge >= 0.3 is 0 Å². The zero-order valence-electron chi connectivity index (χ0n) is 11.6. The average Bonchev–Trinajstić information content (AvgIpc) is 2.72. The summed E-state index contributed by atoms with van der Waals surface area (Å²) in [6.45, 7) is 6.67. The van der Waals surface area contributed by atoms with Crippen molar-refractivity contribution in [1.82, 2.24) is 14.9 Å². The first kappa shape index (κ1) is 14.5. The quantitative estimate of drug-likeness (QED) is 0.829. The molecule has 19 heavy (non-hydrogen) atoms. The van der Waals surface area contributed by atoms with E-state index in [1.54, 1.807) is 7.11 Å². The number of methoxy groups -OCH3 is 1. The molecule has 0 saturated heterocycles. The maximum Gasteiger partial charge on any atom is 0.124 e. The van der Waals surface area contributed by atoms with Gasteiger partial charge in [-0.15, -0.1) is 0 Å². The van der Waals surface area contributed by atoms with Crippen molar-refractivity contribution in [2.45, 2.75) is 26.4 Å². The molecule has 2 aromatic rings. The molecule has 0 bridgehead atoms. The molecule has 5 heteroatoms. The molecule has 1 aromatic carbocycles. The van der Waals surface area contributed by atoms with Crippen molar-refractivity contribution < 1.29 is 4.74 Å². The normalized spacial score (nSPS) is 11.6. The van der Waals surface area contributed by atoms with Crippen LogP contribution in [0.15, 0.2) is 22.7 Å². The van der Waals surface area contributed by atoms with Crippen molar-refractivity contribution in [3.05, 3.63) is 28.5 Å². The molecule has 1 heterocycles. The maximum absolute atomic E-state index is 5.04. The lowest BCUT2D eigenvalue weighted by molar-refractivity contribution is 0.198. The van der Waals surface area contributed by atoms with E-state index in [2.05, 4.69) is 57.9 Å². The molecule has 0 amide bonds. The lowest BCUT2D eigenvalue weighted by Crippen LogP contribution is -2.21. The van der Waals surface area contributed by atoms with Gasteiger partial charge in [-0.3, -0.25) is 0 Å². The summed E-state index contributed by atoms with van der Waals surface area (Å²) in [5, 5.41) is 3.35. The highest BCUT2D eigenvalue weighted by atomic mass is 79.9. The van der Waals surface area contributed by atoms with Crippen LogP contribution in [0.3, 0.4) is 0 Å². The summed E-state index contributed by atoms with van der Waals surface area (Å²) in [4.78, 5) is 4.72. The molecule has 0 spiro atoms. The molecule has 1 N–H and O–H groups in total. The van der Waals surface area contributed by atoms with Crippen LogP contribution in [0.4, 0.5) is 0 Å². The fourth-order valence-electron chi connectivity index (χ4n) is 2.20. The molecular weight excluding hydrogens is 306 g/mol. The minimum atomic E-state index is 0.394. The second kappa shape index (κ2) is 6.50. The van der Waals surface area contributed by atoms with Gasteiger partial charge in [0.25, 0.3) is 0 Å². The van der Waals surface area contributed by atoms with Crippen LogP contribution in [-0.2, 0) is 11.3 Å². The standard InChI is InChI=1S/C14H20BrN3O/c1-10(2)18-13-5-4-11(15)8-12(13)17-14(18)9-16-6-7-19-3/h4-5,8,10,16H,6-7,9H2,1-3H3. The largest absolute Gasteiger partial charge is 0.383 e. The third-order valence-corrected chi connectivity index (χ3v) is 3.50. The Balaban J connectivity index is 2.28. The molecule has 0 aliphatic carbocycles. The van der Waals surface area contributed by atoms with Gasteiger partial charge in [0, 0.05) is 24.2 Å². The zero-order chi connectivity index (χ0) is 13.8. The Labute approximate surface area is 122 Å². The van der Waals surface area contributed by atoms with Gasteiger partial charge < -0.3 is 14.6 Å². The average molecular weight is 326 g/mol. The van der Waals surface area contributed by atoms with E-state index in [1.807, 2.05) is 0 Å². The highest BCUT2D eigenvalue weighted by molar-refractivity contribution is 9.10. The number of hydrogen-bond donors (Lipinski definition) is 1. The second-order valence-electron chi connectivity index (χ2n) is 4.79. The van der Waals surface area contributed by atoms with Gasteiger partial charge in [0.1, 0.15) is 5.82 Å². The van der Waals surface area contributed by atoms with E-state index >= 15 is 0 Å². The number of nitrogens with one attached hydrogen (secondary N) is 1. The summed E-state index contributed by atoms with van der Waals surface area (Å²) in [6, 6.07) is 6.63. The predicted octanol–water partition coefficient (Wildman–Crippen LogP) is 3.12. The zero-order valence-corrected chi connectivity index (χ0v) is 13.2. The van der Waals surface area contributed by atoms with E-state index in [-0.39, 0.29) is 0 Å². The number of ether oxygens (including phenoxy) is 1. The van der Waals surface area contributed by atoms with Crippen molar-refractivity contribution in [1.29, 1.82) is 0 Å². The van der Waals surface area contributed by atoms with Crippen molar-refractivity contribution in [3.8, 4) is 0 Å². The van der Waals surface area contributed by atoms with Gasteiger partial charge in [-0.05, 0) is 32.0 Å². The Morgan fingerprint density at radius 2 is 2.21 bits per heavy atom. The van der Waals surface area contributed by atoms with Crippen molar-refractivity contribution in [2.75, 3.05) is 20.3 Å². The van der Waals surface area contributed by atoms with Crippen molar-refractivity contribution in [3.63, 3.8) is 0 Å². The fraction of sp³-hybridized carbons (Fsp3) is 0.500. The minimum absolute atomic E-state index is 0.394. The molecule has 0 unspecified atom stereocenters. The summed E-state index contributed by atoms with van der Waals surface area (Å²) in [5.41, 5.74) is 2.22. The topological polar surface area (TPSA) is 39.1 Å². The van der Waals surface area contributed by atoms with E-state index < -0.39 is 0 Å². The SMILES string of the molecule is COCCNCc1nc2cc(Br)ccc2n1C(C)C. The van der Waals surface area contributed by atoms with Crippen LogP contribution in [0.2, 0.25) is 0 Å². The van der Waals surface area contributed by atoms with E-state index in [1.165, 1.54) is 5.52 Å². The van der Waals surface area contributed by atoms with Crippen molar-refractivity contribution in [2.24, 2.45) is 0 Å². The minimum Gasteiger partial charge on any atom is -0.383 e. The fourth-order valence-corrected chi connectivity index (χ4v) is 2.55. The summed E-state index contributed by atoms with van der Waals surface area (Å²) in [7, 11) is 1.71. The molecule has 0 aliphatic rings. The van der Waals surface area contributed by atoms with Gasteiger partial charge in [0.2, 0.25) is 0 Å². The molecule has 0 saturated carbocycles. The number of rotatable bonds is 6. The number of halogens is 1. The number of benzene rings is 1. The highest BCUT2D eigenvalue weighted by Crippen LogP contribution is 2.24. The Kier molecular flexibility index (Phi) is 4.96. The van der Waals surface area contributed by atoms with Crippen molar-refractivity contribution >= 4 is 27.0 Å². The number of imidazole rings is 1. The van der Waals surface area contributed by atoms with Gasteiger partial charge in [0.15, 0.2) is 0 Å². The molecule has 0 atom stereocenters. The summed E-state index contributed by atoms with van der Waals surface area (Å²) in [6.07, 6.45) is 0. The number of hydrogen-bond acceptors (Lipinski definition) is 3. The molecule has 1 aromatic heterocycles. The molecule has 0 fully saturated rings. The van der Waals surface area contributed by atoms with Gasteiger partial charge in [-0.1, -0.05) is 15.9 Å². The number of aromatic nitrogens is 2. The molecule has 0 radical (unpaired) electrons. The molecule has 2 rings (SSSR count). The highest BCUT2D eigenvalue weighted by Gasteiger charge is 2.12. The van der Waals surface area contributed by atoms with E-state index in [9.17, 15) is 0 Å². The number of nitrogens with zero attached hydrogens (tertiary/aromatic N) is 2. The first-order valence-corrected chi connectivity index (χ1v) is 7.28. The molecule has 4 nitrogen and oxygen atoms in total. The van der Waals surface area contributed by atoms with Crippen LogP contribution >= 0.6 is 15.9 Å². The first-order valence-electron chi connectivity index (χ1n) is 6.49. The Hall–Kier alpha value is -0.910. The molecule has 104 valence electrons. The van der Waals surface area contributed by atoms with Gasteiger partial charge in [-0.2, -0.15) is 0 Å². The molecular formula is C14H20BrN3O. The third-order valence-electron chi connectivity index (χ3n) is 3.01. The van der Waals surface area contributed by atoms with Gasteiger partial charge in [-0.25, -0.2) is 4.98 Å². The van der Waals surface area contributed by atoms with Crippen LogP contribution < -0.4 is 5.32 Å². The van der Waals surface area contributed by atoms with E-state index in [0.717, 1.165) is 28.9 Å². The summed E-state index contributed by atoms with van der Waals surface area (Å²) in [5.74, 6) is 1.07. The lowest BCUT2D eigenvalue weighted by Gasteiger charge is -2.13. The van der Waals surface area contributed by atoms with E-state index in [4.69, 9.17) is 9.72 Å². The van der Waals surface area contributed by atoms with E-state index in [0.29, 0.717) is 12.6 Å². The third kappa shape index (κ3) is 3.35. The summed E-state index contributed by atoms with van der Waals surface area (Å²) < 4.78 is 8.38. The Morgan fingerprint density at radius 1 is 1.42 bits per heavy atom. The van der Waals surface area contributed by atoms with Crippen LogP contribution in [0.1, 0.15) is 25.7 Å². The van der Waals surface area contributed by atoms with Gasteiger partial charge in [0.05, 0.1) is 24.2 Å². The molecule has 0 aliphatic heterocycles. The second-order valence-corrected chi connectivity index (χ2v) is 5.71. The summed E-state index contributed by atoms with van der Waals surface area (Å²) >= 11 is 3.50. The van der Waals surface area contributed by atoms with Crippen LogP contribution in [0.25, 0.3) is 11.0 Å². The number of fused-ring (bicyclic) bond motifs is 1. The maximum atomic E-state index is 5.04. The van der Waals surface area contributed by atoms with Crippen LogP contribution in [0.5, 0.6) is 0 Å². The predicted molar refractivity (Wildman–Crippen MR) is 81.4 cm³/mol. The van der Waals surface area contributed by atoms with Crippen LogP contribution in [0, 0.1) is 0 Å². The Morgan fingerprint density at radius 3 is 2.89 bits per heavy atom. The Bertz CT molecular complexity index is 551. The smallest absolute Gasteiger partial charge is 0.124 e. The van der Waals surface area contributed by atoms with Crippen LogP contribution in [-0.4, -0.2) is 29.8 Å². The first-order chi connectivity index (χ1) is 9.13. The monoisotopic (exact) mass is 325 g/mol.